The van der Waals surface area contributed by atoms with Gasteiger partial charge in [0.1, 0.15) is 6.61 Å². The van der Waals surface area contributed by atoms with E-state index in [1.54, 1.807) is 10.9 Å². The quantitative estimate of drug-likeness (QED) is 0.742. The predicted molar refractivity (Wildman–Crippen MR) is 65.6 cm³/mol. The molecule has 0 fully saturated rings. The highest BCUT2D eigenvalue weighted by Crippen LogP contribution is 2.14. The van der Waals surface area contributed by atoms with Crippen LogP contribution in [0, 0.1) is 5.92 Å². The van der Waals surface area contributed by atoms with E-state index < -0.39 is 12.8 Å². The molecule has 0 aliphatic carbocycles. The fourth-order valence-corrected chi connectivity index (χ4v) is 1.47. The van der Waals surface area contributed by atoms with Gasteiger partial charge in [0.25, 0.3) is 0 Å². The number of hydrogen-bond acceptors (Lipinski definition) is 3. The molecular weight excluding hydrogens is 259 g/mol. The molecule has 0 bridgehead atoms. The average Bonchev–Trinajstić information content (AvgIpc) is 2.71. The molecule has 7 heteroatoms. The summed E-state index contributed by atoms with van der Waals surface area (Å²) in [7, 11) is 0. The summed E-state index contributed by atoms with van der Waals surface area (Å²) in [6.45, 7) is 4.98. The number of nitrogens with one attached hydrogen (secondary N) is 1. The second kappa shape index (κ2) is 7.49. The normalized spacial score (nSPS) is 12.3. The molecule has 0 radical (unpaired) electrons. The maximum Gasteiger partial charge on any atom is 0.411 e. The lowest BCUT2D eigenvalue weighted by molar-refractivity contribution is -0.174. The lowest BCUT2D eigenvalue weighted by atomic mass is 10.2. The van der Waals surface area contributed by atoms with E-state index in [0.29, 0.717) is 19.0 Å². The maximum atomic E-state index is 11.8. The molecule has 1 N–H and O–H groups in total. The van der Waals surface area contributed by atoms with Crippen molar-refractivity contribution in [3.05, 3.63) is 18.2 Å². The summed E-state index contributed by atoms with van der Waals surface area (Å²) < 4.78 is 41.8. The Morgan fingerprint density at radius 2 is 2.16 bits per heavy atom. The summed E-state index contributed by atoms with van der Waals surface area (Å²) in [4.78, 5) is 4.16. The molecule has 0 aliphatic heterocycles. The van der Waals surface area contributed by atoms with Gasteiger partial charge in [-0.15, -0.1) is 0 Å². The van der Waals surface area contributed by atoms with Gasteiger partial charge in [-0.05, 0) is 12.5 Å². The lowest BCUT2D eigenvalue weighted by Crippen LogP contribution is -2.19. The molecule has 0 amide bonds. The lowest BCUT2D eigenvalue weighted by Gasteiger charge is -2.07. The average molecular weight is 279 g/mol. The minimum absolute atomic E-state index is 0.0226. The van der Waals surface area contributed by atoms with E-state index in [9.17, 15) is 13.2 Å². The first-order chi connectivity index (χ1) is 8.87. The van der Waals surface area contributed by atoms with Crippen LogP contribution in [0.15, 0.2) is 12.5 Å². The van der Waals surface area contributed by atoms with Gasteiger partial charge >= 0.3 is 6.18 Å². The molecule has 0 spiro atoms. The number of imidazole rings is 1. The highest BCUT2D eigenvalue weighted by Gasteiger charge is 2.27. The van der Waals surface area contributed by atoms with Crippen LogP contribution in [0.25, 0.3) is 0 Å². The summed E-state index contributed by atoms with van der Waals surface area (Å²) in [5.41, 5.74) is 0.872. The van der Waals surface area contributed by atoms with Crippen molar-refractivity contribution < 1.29 is 17.9 Å². The molecule has 0 unspecified atom stereocenters. The summed E-state index contributed by atoms with van der Waals surface area (Å²) >= 11 is 0. The number of hydrogen-bond donors (Lipinski definition) is 1. The number of rotatable bonds is 8. The van der Waals surface area contributed by atoms with Crippen LogP contribution in [0.5, 0.6) is 0 Å². The number of alkyl halides is 3. The molecule has 1 aromatic heterocycles. The summed E-state index contributed by atoms with van der Waals surface area (Å²) in [5.74, 6) is 0.567. The standard InChI is InChI=1S/C12H20F3N3O/c1-10(2)5-16-6-11-7-18(9-17-11)3-4-19-8-12(13,14)15/h7,9-10,16H,3-6,8H2,1-2H3. The van der Waals surface area contributed by atoms with Crippen LogP contribution in [0.2, 0.25) is 0 Å². The van der Waals surface area contributed by atoms with E-state index in [1.165, 1.54) is 0 Å². The van der Waals surface area contributed by atoms with Gasteiger partial charge in [-0.1, -0.05) is 13.8 Å². The monoisotopic (exact) mass is 279 g/mol. The Morgan fingerprint density at radius 3 is 2.79 bits per heavy atom. The van der Waals surface area contributed by atoms with E-state index in [2.05, 4.69) is 28.9 Å². The van der Waals surface area contributed by atoms with Gasteiger partial charge < -0.3 is 14.6 Å². The molecular formula is C12H20F3N3O. The topological polar surface area (TPSA) is 39.1 Å². The van der Waals surface area contributed by atoms with Crippen molar-refractivity contribution >= 4 is 0 Å². The number of nitrogens with zero attached hydrogens (tertiary/aromatic N) is 2. The molecule has 0 saturated carbocycles. The highest BCUT2D eigenvalue weighted by molar-refractivity contribution is 4.96. The zero-order chi connectivity index (χ0) is 14.3. The first-order valence-electron chi connectivity index (χ1n) is 6.22. The Bertz CT molecular complexity index is 363. The summed E-state index contributed by atoms with van der Waals surface area (Å²) in [6, 6.07) is 0. The Balaban J connectivity index is 2.19. The molecule has 1 aromatic rings. The van der Waals surface area contributed by atoms with E-state index in [-0.39, 0.29) is 6.61 Å². The molecule has 1 rings (SSSR count). The second-order valence-corrected chi connectivity index (χ2v) is 4.80. The van der Waals surface area contributed by atoms with Crippen LogP contribution in [-0.2, 0) is 17.8 Å². The molecule has 0 aliphatic rings. The zero-order valence-electron chi connectivity index (χ0n) is 11.2. The van der Waals surface area contributed by atoms with Crippen LogP contribution in [0.1, 0.15) is 19.5 Å². The Labute approximate surface area is 111 Å². The molecule has 110 valence electrons. The van der Waals surface area contributed by atoms with E-state index >= 15 is 0 Å². The van der Waals surface area contributed by atoms with E-state index in [1.807, 2.05) is 6.20 Å². The molecule has 0 aromatic carbocycles. The van der Waals surface area contributed by atoms with Crippen LogP contribution in [-0.4, -0.2) is 35.5 Å². The third-order valence-corrected chi connectivity index (χ3v) is 2.30. The number of halogens is 3. The largest absolute Gasteiger partial charge is 0.411 e. The molecule has 0 atom stereocenters. The third kappa shape index (κ3) is 7.84. The van der Waals surface area contributed by atoms with Crippen LogP contribution in [0.3, 0.4) is 0 Å². The Hall–Kier alpha value is -1.08. The van der Waals surface area contributed by atoms with Crippen LogP contribution >= 0.6 is 0 Å². The Morgan fingerprint density at radius 1 is 1.42 bits per heavy atom. The van der Waals surface area contributed by atoms with Gasteiger partial charge in [-0.3, -0.25) is 0 Å². The minimum Gasteiger partial charge on any atom is -0.370 e. The van der Waals surface area contributed by atoms with Crippen LogP contribution < -0.4 is 5.32 Å². The van der Waals surface area contributed by atoms with E-state index in [0.717, 1.165) is 12.2 Å². The van der Waals surface area contributed by atoms with Crippen molar-refractivity contribution in [3.8, 4) is 0 Å². The smallest absolute Gasteiger partial charge is 0.370 e. The second-order valence-electron chi connectivity index (χ2n) is 4.80. The van der Waals surface area contributed by atoms with E-state index in [4.69, 9.17) is 0 Å². The molecule has 19 heavy (non-hydrogen) atoms. The van der Waals surface area contributed by atoms with Crippen molar-refractivity contribution in [2.24, 2.45) is 5.92 Å². The number of aromatic nitrogens is 2. The third-order valence-electron chi connectivity index (χ3n) is 2.30. The summed E-state index contributed by atoms with van der Waals surface area (Å²) in [5, 5.41) is 3.25. The van der Waals surface area contributed by atoms with Gasteiger partial charge in [-0.25, -0.2) is 4.98 Å². The fraction of sp³-hybridized carbons (Fsp3) is 0.750. The van der Waals surface area contributed by atoms with Crippen LogP contribution in [0.4, 0.5) is 13.2 Å². The molecule has 1 heterocycles. The predicted octanol–water partition coefficient (Wildman–Crippen LogP) is 2.21. The van der Waals surface area contributed by atoms with Crippen molar-refractivity contribution in [1.29, 1.82) is 0 Å². The maximum absolute atomic E-state index is 11.8. The highest BCUT2D eigenvalue weighted by atomic mass is 19.4. The first-order valence-corrected chi connectivity index (χ1v) is 6.22. The van der Waals surface area contributed by atoms with Crippen molar-refractivity contribution in [2.75, 3.05) is 19.8 Å². The first kappa shape index (κ1) is 16.0. The molecule has 4 nitrogen and oxygen atoms in total. The van der Waals surface area contributed by atoms with Crippen molar-refractivity contribution in [1.82, 2.24) is 14.9 Å². The van der Waals surface area contributed by atoms with Gasteiger partial charge in [0.15, 0.2) is 0 Å². The van der Waals surface area contributed by atoms with Gasteiger partial charge in [0, 0.05) is 19.3 Å². The Kier molecular flexibility index (Phi) is 6.30. The van der Waals surface area contributed by atoms with Crippen molar-refractivity contribution in [3.63, 3.8) is 0 Å². The minimum atomic E-state index is -4.26. The fourth-order valence-electron chi connectivity index (χ4n) is 1.47. The van der Waals surface area contributed by atoms with Gasteiger partial charge in [0.05, 0.1) is 18.6 Å². The number of ether oxygens (including phenoxy) is 1. The zero-order valence-corrected chi connectivity index (χ0v) is 11.2. The SMILES string of the molecule is CC(C)CNCc1cn(CCOCC(F)(F)F)cn1. The summed E-state index contributed by atoms with van der Waals surface area (Å²) in [6.07, 6.45) is -0.853. The molecule has 0 saturated heterocycles. The van der Waals surface area contributed by atoms with Gasteiger partial charge in [0.2, 0.25) is 0 Å². The van der Waals surface area contributed by atoms with Crippen molar-refractivity contribution in [2.45, 2.75) is 33.1 Å². The van der Waals surface area contributed by atoms with Gasteiger partial charge in [-0.2, -0.15) is 13.2 Å².